The zero-order valence-electron chi connectivity index (χ0n) is 20.5. The van der Waals surface area contributed by atoms with E-state index in [9.17, 15) is 9.18 Å². The van der Waals surface area contributed by atoms with Crippen molar-refractivity contribution in [3.63, 3.8) is 0 Å². The number of aromatic nitrogens is 2. The molecule has 2 aromatic carbocycles. The lowest BCUT2D eigenvalue weighted by Gasteiger charge is -2.29. The Morgan fingerprint density at radius 2 is 1.97 bits per heavy atom. The van der Waals surface area contributed by atoms with Gasteiger partial charge in [0.1, 0.15) is 11.6 Å². The lowest BCUT2D eigenvalue weighted by Crippen LogP contribution is -2.33. The number of thiocarbonyl (C=S) groups is 1. The molecule has 0 aliphatic carbocycles. The number of carbonyl (C=O) groups excluding carboxylic acids is 1. The number of hydrogen-bond donors (Lipinski definition) is 2. The van der Waals surface area contributed by atoms with Crippen LogP contribution in [0.4, 0.5) is 10.1 Å². The minimum absolute atomic E-state index is 0.0355. The second-order valence-electron chi connectivity index (χ2n) is 8.72. The molecule has 1 fully saturated rings. The summed E-state index contributed by atoms with van der Waals surface area (Å²) in [5.41, 5.74) is 3.02. The van der Waals surface area contributed by atoms with E-state index in [4.69, 9.17) is 28.6 Å². The third-order valence-corrected chi connectivity index (χ3v) is 7.07. The Morgan fingerprint density at radius 1 is 1.16 bits per heavy atom. The molecule has 5 rings (SSSR count). The molecule has 0 radical (unpaired) electrons. The van der Waals surface area contributed by atoms with Gasteiger partial charge in [0.15, 0.2) is 5.11 Å². The van der Waals surface area contributed by atoms with Gasteiger partial charge in [0.2, 0.25) is 5.91 Å². The molecule has 7 nitrogen and oxygen atoms in total. The van der Waals surface area contributed by atoms with Gasteiger partial charge in [-0.2, -0.15) is 0 Å². The molecule has 194 valence electrons. The summed E-state index contributed by atoms with van der Waals surface area (Å²) >= 11 is 11.8. The van der Waals surface area contributed by atoms with Crippen molar-refractivity contribution in [2.24, 2.45) is 0 Å². The number of nitrogens with zero attached hydrogens (tertiary/aromatic N) is 3. The van der Waals surface area contributed by atoms with Crippen LogP contribution in [-0.2, 0) is 4.79 Å². The third-order valence-electron chi connectivity index (χ3n) is 6.42. The Hall–Kier alpha value is -3.95. The van der Waals surface area contributed by atoms with Crippen molar-refractivity contribution < 1.29 is 13.9 Å². The van der Waals surface area contributed by atoms with Crippen molar-refractivity contribution in [1.29, 1.82) is 0 Å². The predicted molar refractivity (Wildman–Crippen MR) is 149 cm³/mol. The Labute approximate surface area is 230 Å². The monoisotopic (exact) mass is 549 g/mol. The lowest BCUT2D eigenvalue weighted by atomic mass is 10.0. The van der Waals surface area contributed by atoms with Crippen LogP contribution in [0.5, 0.6) is 5.75 Å². The molecule has 2 aromatic heterocycles. The van der Waals surface area contributed by atoms with Crippen molar-refractivity contribution in [2.75, 3.05) is 19.0 Å². The van der Waals surface area contributed by atoms with Crippen LogP contribution in [0.3, 0.4) is 0 Å². The quantitative estimate of drug-likeness (QED) is 0.276. The molecule has 0 unspecified atom stereocenters. The van der Waals surface area contributed by atoms with Gasteiger partial charge in [-0.25, -0.2) is 4.39 Å². The van der Waals surface area contributed by atoms with E-state index in [1.807, 2.05) is 58.1 Å². The molecule has 10 heteroatoms. The summed E-state index contributed by atoms with van der Waals surface area (Å²) in [6.07, 6.45) is 3.82. The molecule has 0 spiro atoms. The molecule has 1 aliphatic rings. The van der Waals surface area contributed by atoms with E-state index in [-0.39, 0.29) is 29.4 Å². The van der Waals surface area contributed by atoms with Gasteiger partial charge in [-0.05, 0) is 66.8 Å². The van der Waals surface area contributed by atoms with Crippen LogP contribution in [0.15, 0.2) is 85.2 Å². The van der Waals surface area contributed by atoms with Crippen LogP contribution < -0.4 is 15.4 Å². The molecule has 38 heavy (non-hydrogen) atoms. The van der Waals surface area contributed by atoms with Crippen molar-refractivity contribution in [1.82, 2.24) is 19.8 Å². The van der Waals surface area contributed by atoms with Crippen molar-refractivity contribution >= 4 is 40.5 Å². The number of carbonyl (C=O) groups is 1. The Morgan fingerprint density at radius 3 is 2.74 bits per heavy atom. The maximum atomic E-state index is 13.9. The van der Waals surface area contributed by atoms with Gasteiger partial charge in [-0.3, -0.25) is 9.78 Å². The van der Waals surface area contributed by atoms with E-state index in [0.29, 0.717) is 28.8 Å². The zero-order chi connectivity index (χ0) is 26.6. The first kappa shape index (κ1) is 25.7. The zero-order valence-corrected chi connectivity index (χ0v) is 22.0. The highest BCUT2D eigenvalue weighted by Crippen LogP contribution is 2.40. The minimum Gasteiger partial charge on any atom is -0.495 e. The fraction of sp³-hybridized carbons (Fsp3) is 0.179. The highest BCUT2D eigenvalue weighted by atomic mass is 35.5. The Kier molecular flexibility index (Phi) is 7.57. The number of amides is 1. The number of pyridine rings is 1. The standard InChI is InChI=1S/C28H25ClFN5O2S/c1-37-24-10-3-2-7-21(24)32-25(36)13-16-35-27(26(33-28(35)38)22-8-4-5-14-31-22)23-9-6-15-34(23)18-11-12-20(30)19(29)17-18/h2-12,14-15,17,26-27H,13,16H2,1H3,(H,32,36)(H,33,38)/t26-,27-/m0/s1. The molecular weight excluding hydrogens is 525 g/mol. The summed E-state index contributed by atoms with van der Waals surface area (Å²) in [6.45, 7) is 0.357. The summed E-state index contributed by atoms with van der Waals surface area (Å²) in [5, 5.41) is 6.86. The SMILES string of the molecule is COc1ccccc1NC(=O)CCN1C(=S)N[C@@H](c2ccccn2)[C@@H]1c1cccn1-c1ccc(F)c(Cl)c1. The van der Waals surface area contributed by atoms with E-state index in [2.05, 4.69) is 15.6 Å². The number of halogens is 2. The first-order valence-corrected chi connectivity index (χ1v) is 12.8. The maximum absolute atomic E-state index is 13.9. The number of ether oxygens (including phenoxy) is 1. The van der Waals surface area contributed by atoms with E-state index in [0.717, 1.165) is 11.4 Å². The fourth-order valence-corrected chi connectivity index (χ4v) is 5.16. The Balaban J connectivity index is 1.45. The number of rotatable bonds is 8. The lowest BCUT2D eigenvalue weighted by molar-refractivity contribution is -0.116. The third kappa shape index (κ3) is 5.20. The molecule has 1 amide bonds. The molecule has 0 bridgehead atoms. The number of hydrogen-bond acceptors (Lipinski definition) is 4. The van der Waals surface area contributed by atoms with E-state index in [1.165, 1.54) is 6.07 Å². The smallest absolute Gasteiger partial charge is 0.226 e. The predicted octanol–water partition coefficient (Wildman–Crippen LogP) is 5.67. The normalized spacial score (nSPS) is 16.8. The van der Waals surface area contributed by atoms with E-state index >= 15 is 0 Å². The van der Waals surface area contributed by atoms with Gasteiger partial charge >= 0.3 is 0 Å². The fourth-order valence-electron chi connectivity index (χ4n) is 4.66. The van der Waals surface area contributed by atoms with Gasteiger partial charge in [-0.1, -0.05) is 29.8 Å². The second-order valence-corrected chi connectivity index (χ2v) is 9.51. The van der Waals surface area contributed by atoms with Gasteiger partial charge in [-0.15, -0.1) is 0 Å². The van der Waals surface area contributed by atoms with Crippen LogP contribution in [-0.4, -0.2) is 39.1 Å². The maximum Gasteiger partial charge on any atom is 0.226 e. The highest BCUT2D eigenvalue weighted by molar-refractivity contribution is 7.80. The molecule has 2 N–H and O–H groups in total. The molecule has 4 aromatic rings. The van der Waals surface area contributed by atoms with Crippen molar-refractivity contribution in [3.05, 3.63) is 107 Å². The van der Waals surface area contributed by atoms with Crippen LogP contribution in [0, 0.1) is 5.82 Å². The summed E-state index contributed by atoms with van der Waals surface area (Å²) in [5.74, 6) is -0.0667. The van der Waals surface area contributed by atoms with Crippen molar-refractivity contribution in [3.8, 4) is 11.4 Å². The first-order chi connectivity index (χ1) is 18.5. The van der Waals surface area contributed by atoms with Gasteiger partial charge in [0, 0.05) is 36.7 Å². The number of benzene rings is 2. The van der Waals surface area contributed by atoms with Crippen LogP contribution in [0.1, 0.15) is 29.9 Å². The van der Waals surface area contributed by atoms with Crippen LogP contribution >= 0.6 is 23.8 Å². The largest absolute Gasteiger partial charge is 0.495 e. The minimum atomic E-state index is -0.484. The van der Waals surface area contributed by atoms with Crippen molar-refractivity contribution in [2.45, 2.75) is 18.5 Å². The Bertz CT molecular complexity index is 1460. The first-order valence-electron chi connectivity index (χ1n) is 12.0. The molecule has 1 aliphatic heterocycles. The van der Waals surface area contributed by atoms with Crippen LogP contribution in [0.25, 0.3) is 5.69 Å². The van der Waals surface area contributed by atoms with E-state index in [1.54, 1.807) is 37.6 Å². The summed E-state index contributed by atoms with van der Waals surface area (Å²) in [4.78, 5) is 19.5. The average molecular weight is 550 g/mol. The second kappa shape index (κ2) is 11.2. The number of nitrogens with one attached hydrogen (secondary N) is 2. The van der Waals surface area contributed by atoms with Crippen LogP contribution in [0.2, 0.25) is 5.02 Å². The average Bonchev–Trinajstić information content (AvgIpc) is 3.54. The van der Waals surface area contributed by atoms with Gasteiger partial charge in [0.05, 0.1) is 35.6 Å². The number of anilines is 1. The topological polar surface area (TPSA) is 71.4 Å². The number of methoxy groups -OCH3 is 1. The van der Waals surface area contributed by atoms with Gasteiger partial charge in [0.25, 0.3) is 0 Å². The van der Waals surface area contributed by atoms with Gasteiger partial charge < -0.3 is 24.8 Å². The summed E-state index contributed by atoms with van der Waals surface area (Å²) < 4.78 is 21.2. The number of para-hydroxylation sites is 2. The molecule has 2 atom stereocenters. The van der Waals surface area contributed by atoms with E-state index < -0.39 is 5.82 Å². The molecular formula is C28H25ClFN5O2S. The molecule has 3 heterocycles. The highest BCUT2D eigenvalue weighted by Gasteiger charge is 2.41. The molecule has 0 saturated carbocycles. The summed E-state index contributed by atoms with van der Waals surface area (Å²) in [7, 11) is 1.56. The molecule has 1 saturated heterocycles. The summed E-state index contributed by atoms with van der Waals surface area (Å²) in [6, 6.07) is 20.9.